The van der Waals surface area contributed by atoms with Crippen molar-refractivity contribution in [3.63, 3.8) is 0 Å². The van der Waals surface area contributed by atoms with Crippen LogP contribution in [0.1, 0.15) is 23.2 Å². The Bertz CT molecular complexity index is 847. The van der Waals surface area contributed by atoms with Crippen LogP contribution in [0.5, 0.6) is 5.88 Å². The van der Waals surface area contributed by atoms with Crippen molar-refractivity contribution in [1.82, 2.24) is 19.4 Å². The van der Waals surface area contributed by atoms with E-state index in [0.717, 1.165) is 25.1 Å². The lowest BCUT2D eigenvalue weighted by Crippen LogP contribution is -2.44. The number of piperidine rings is 1. The molecule has 132 valence electrons. The molecule has 0 bridgehead atoms. The van der Waals surface area contributed by atoms with Crippen LogP contribution in [0.4, 0.5) is 0 Å². The summed E-state index contributed by atoms with van der Waals surface area (Å²) in [6, 6.07) is 11.6. The van der Waals surface area contributed by atoms with E-state index in [9.17, 15) is 4.79 Å². The summed E-state index contributed by atoms with van der Waals surface area (Å²) in [5, 5.41) is 0. The summed E-state index contributed by atoms with van der Waals surface area (Å²) in [7, 11) is 0. The second-order valence-corrected chi connectivity index (χ2v) is 6.31. The molecule has 3 aromatic rings. The third-order valence-electron chi connectivity index (χ3n) is 4.51. The fourth-order valence-corrected chi connectivity index (χ4v) is 3.20. The van der Waals surface area contributed by atoms with Gasteiger partial charge in [-0.3, -0.25) is 9.78 Å². The van der Waals surface area contributed by atoms with Crippen LogP contribution in [0.2, 0.25) is 0 Å². The Morgan fingerprint density at radius 1 is 1.12 bits per heavy atom. The summed E-state index contributed by atoms with van der Waals surface area (Å²) >= 11 is 0. The van der Waals surface area contributed by atoms with Crippen LogP contribution < -0.4 is 4.74 Å². The van der Waals surface area contributed by atoms with Gasteiger partial charge in [0, 0.05) is 42.6 Å². The molecular weight excluding hydrogens is 328 g/mol. The molecule has 0 aliphatic carbocycles. The van der Waals surface area contributed by atoms with Crippen molar-refractivity contribution < 1.29 is 9.53 Å². The van der Waals surface area contributed by atoms with E-state index in [1.165, 1.54) is 0 Å². The van der Waals surface area contributed by atoms with Gasteiger partial charge in [0.15, 0.2) is 0 Å². The second kappa shape index (κ2) is 7.39. The molecule has 0 saturated carbocycles. The minimum absolute atomic E-state index is 0.0384. The number of hydrogen-bond acceptors (Lipinski definition) is 4. The first kappa shape index (κ1) is 16.3. The largest absolute Gasteiger partial charge is 0.471 e. The Labute approximate surface area is 152 Å². The molecule has 1 atom stereocenters. The van der Waals surface area contributed by atoms with Crippen molar-refractivity contribution in [3.05, 3.63) is 72.9 Å². The molecule has 4 rings (SSSR count). The highest BCUT2D eigenvalue weighted by Crippen LogP contribution is 2.19. The zero-order valence-electron chi connectivity index (χ0n) is 14.4. The van der Waals surface area contributed by atoms with Crippen LogP contribution in [0.3, 0.4) is 0 Å². The lowest BCUT2D eigenvalue weighted by atomic mass is 10.1. The molecule has 6 heteroatoms. The molecule has 1 aromatic carbocycles. The zero-order chi connectivity index (χ0) is 17.8. The van der Waals surface area contributed by atoms with E-state index < -0.39 is 0 Å². The molecule has 0 spiro atoms. The molecule has 2 aromatic heterocycles. The highest BCUT2D eigenvalue weighted by Gasteiger charge is 2.26. The van der Waals surface area contributed by atoms with E-state index in [4.69, 9.17) is 4.74 Å². The first-order chi connectivity index (χ1) is 12.8. The summed E-state index contributed by atoms with van der Waals surface area (Å²) in [5.74, 6) is 0.541. The Kier molecular flexibility index (Phi) is 4.64. The average Bonchev–Trinajstić information content (AvgIpc) is 3.23. The molecule has 1 amide bonds. The average molecular weight is 348 g/mol. The predicted octanol–water partition coefficient (Wildman–Crippen LogP) is 2.95. The Balaban J connectivity index is 1.42. The minimum Gasteiger partial charge on any atom is -0.471 e. The van der Waals surface area contributed by atoms with Crippen molar-refractivity contribution in [2.75, 3.05) is 13.1 Å². The second-order valence-electron chi connectivity index (χ2n) is 6.31. The van der Waals surface area contributed by atoms with E-state index in [1.54, 1.807) is 18.6 Å². The summed E-state index contributed by atoms with van der Waals surface area (Å²) in [5.41, 5.74) is 1.73. The van der Waals surface area contributed by atoms with Gasteiger partial charge < -0.3 is 14.2 Å². The van der Waals surface area contributed by atoms with Crippen LogP contribution >= 0.6 is 0 Å². The van der Waals surface area contributed by atoms with Gasteiger partial charge in [-0.15, -0.1) is 0 Å². The van der Waals surface area contributed by atoms with Crippen molar-refractivity contribution in [3.8, 4) is 11.6 Å². The number of benzene rings is 1. The quantitative estimate of drug-likeness (QED) is 0.727. The van der Waals surface area contributed by atoms with Gasteiger partial charge in [0.1, 0.15) is 6.10 Å². The van der Waals surface area contributed by atoms with Crippen LogP contribution in [0.15, 0.2) is 67.4 Å². The van der Waals surface area contributed by atoms with E-state index in [2.05, 4.69) is 9.97 Å². The number of ether oxygens (including phenoxy) is 1. The number of amides is 1. The highest BCUT2D eigenvalue weighted by molar-refractivity contribution is 5.94. The summed E-state index contributed by atoms with van der Waals surface area (Å²) in [6.45, 7) is 1.31. The molecule has 6 nitrogen and oxygen atoms in total. The molecule has 1 saturated heterocycles. The smallest absolute Gasteiger partial charge is 0.253 e. The fraction of sp³-hybridized carbons (Fsp3) is 0.250. The molecule has 26 heavy (non-hydrogen) atoms. The normalized spacial score (nSPS) is 17.1. The molecule has 3 heterocycles. The van der Waals surface area contributed by atoms with Crippen molar-refractivity contribution >= 4 is 5.91 Å². The summed E-state index contributed by atoms with van der Waals surface area (Å²) < 4.78 is 7.88. The standard InChI is InChI=1S/C20H20N4O2/c25-20(16-5-7-17(8-6-16)23-11-1-2-12-23)24-13-3-4-18(15-24)26-19-14-21-9-10-22-19/h1-2,5-12,14,18H,3-4,13,15H2. The van der Waals surface area contributed by atoms with Gasteiger partial charge in [0.25, 0.3) is 5.91 Å². The van der Waals surface area contributed by atoms with Gasteiger partial charge in [-0.05, 0) is 49.2 Å². The maximum absolute atomic E-state index is 12.8. The minimum atomic E-state index is -0.0523. The highest BCUT2D eigenvalue weighted by atomic mass is 16.5. The topological polar surface area (TPSA) is 60.2 Å². The molecule has 1 unspecified atom stereocenters. The zero-order valence-corrected chi connectivity index (χ0v) is 14.4. The number of nitrogens with zero attached hydrogens (tertiary/aromatic N) is 4. The Morgan fingerprint density at radius 3 is 2.65 bits per heavy atom. The fourth-order valence-electron chi connectivity index (χ4n) is 3.20. The van der Waals surface area contributed by atoms with Crippen molar-refractivity contribution in [2.24, 2.45) is 0 Å². The lowest BCUT2D eigenvalue weighted by molar-refractivity contribution is 0.0527. The van der Waals surface area contributed by atoms with Gasteiger partial charge in [-0.1, -0.05) is 0 Å². The van der Waals surface area contributed by atoms with Gasteiger partial charge in [0.05, 0.1) is 12.7 Å². The van der Waals surface area contributed by atoms with E-state index >= 15 is 0 Å². The van der Waals surface area contributed by atoms with E-state index in [-0.39, 0.29) is 12.0 Å². The maximum atomic E-state index is 12.8. The predicted molar refractivity (Wildman–Crippen MR) is 97.4 cm³/mol. The monoisotopic (exact) mass is 348 g/mol. The first-order valence-corrected chi connectivity index (χ1v) is 8.75. The van der Waals surface area contributed by atoms with Crippen molar-refractivity contribution in [1.29, 1.82) is 0 Å². The Morgan fingerprint density at radius 2 is 1.92 bits per heavy atom. The number of rotatable bonds is 4. The number of likely N-dealkylation sites (tertiary alicyclic amines) is 1. The van der Waals surface area contributed by atoms with Gasteiger partial charge in [-0.2, -0.15) is 0 Å². The third-order valence-corrected chi connectivity index (χ3v) is 4.51. The molecule has 1 aliphatic rings. The van der Waals surface area contributed by atoms with Crippen LogP contribution in [-0.2, 0) is 0 Å². The summed E-state index contributed by atoms with van der Waals surface area (Å²) in [6.07, 6.45) is 10.6. The van der Waals surface area contributed by atoms with E-state index in [1.807, 2.05) is 58.3 Å². The van der Waals surface area contributed by atoms with Gasteiger partial charge in [-0.25, -0.2) is 4.98 Å². The van der Waals surface area contributed by atoms with Crippen LogP contribution in [0, 0.1) is 0 Å². The maximum Gasteiger partial charge on any atom is 0.253 e. The molecular formula is C20H20N4O2. The lowest BCUT2D eigenvalue weighted by Gasteiger charge is -2.32. The number of carbonyl (C=O) groups is 1. The molecule has 0 radical (unpaired) electrons. The number of aromatic nitrogens is 3. The molecule has 1 aliphatic heterocycles. The van der Waals surface area contributed by atoms with Crippen LogP contribution in [0.25, 0.3) is 5.69 Å². The van der Waals surface area contributed by atoms with Crippen molar-refractivity contribution in [2.45, 2.75) is 18.9 Å². The summed E-state index contributed by atoms with van der Waals surface area (Å²) in [4.78, 5) is 22.8. The molecule has 1 fully saturated rings. The number of carbonyl (C=O) groups excluding carboxylic acids is 1. The molecule has 0 N–H and O–H groups in total. The Hall–Kier alpha value is -3.15. The van der Waals surface area contributed by atoms with Gasteiger partial charge >= 0.3 is 0 Å². The van der Waals surface area contributed by atoms with Crippen LogP contribution in [-0.4, -0.2) is 44.5 Å². The third kappa shape index (κ3) is 3.59. The number of hydrogen-bond donors (Lipinski definition) is 0. The first-order valence-electron chi connectivity index (χ1n) is 8.75. The van der Waals surface area contributed by atoms with E-state index in [0.29, 0.717) is 18.0 Å². The van der Waals surface area contributed by atoms with Gasteiger partial charge in [0.2, 0.25) is 5.88 Å². The SMILES string of the molecule is O=C(c1ccc(-n2cccc2)cc1)N1CCCC(Oc2cnccn2)C1.